The molecule has 0 heterocycles. The Hall–Kier alpha value is -2.18. The van der Waals surface area contributed by atoms with E-state index in [0.29, 0.717) is 6.42 Å². The van der Waals surface area contributed by atoms with E-state index in [1.54, 1.807) is 19.1 Å². The first kappa shape index (κ1) is 18.6. The van der Waals surface area contributed by atoms with Crippen molar-refractivity contribution in [3.8, 4) is 0 Å². The number of hydrogen-bond donors (Lipinski definition) is 1. The number of nitrogens with one attached hydrogen (secondary N) is 1. The number of benzene rings is 1. The molecule has 1 aromatic carbocycles. The fourth-order valence-electron chi connectivity index (χ4n) is 4.17. The number of esters is 1. The third kappa shape index (κ3) is 3.81. The van der Waals surface area contributed by atoms with Gasteiger partial charge in [0.15, 0.2) is 0 Å². The highest BCUT2D eigenvalue weighted by Crippen LogP contribution is 2.53. The van der Waals surface area contributed by atoms with E-state index in [9.17, 15) is 18.4 Å². The Morgan fingerprint density at radius 3 is 2.58 bits per heavy atom. The van der Waals surface area contributed by atoms with Crippen LogP contribution in [0.2, 0.25) is 0 Å². The van der Waals surface area contributed by atoms with Crippen molar-refractivity contribution in [2.45, 2.75) is 44.8 Å². The van der Waals surface area contributed by atoms with Gasteiger partial charge in [-0.1, -0.05) is 30.3 Å². The van der Waals surface area contributed by atoms with Gasteiger partial charge in [0.05, 0.1) is 18.6 Å². The summed E-state index contributed by atoms with van der Waals surface area (Å²) in [5.41, 5.74) is 0.792. The SMILES string of the molecule is CCOC(=O)[C@@H]1[C@H]2CC[C@@H]([C@H]1NC(=O)OCc1ccccc1)C(F)(F)C2. The number of alkyl halides is 2. The van der Waals surface area contributed by atoms with E-state index in [1.807, 2.05) is 18.2 Å². The minimum absolute atomic E-state index is 0.0357. The summed E-state index contributed by atoms with van der Waals surface area (Å²) < 4.78 is 38.9. The molecule has 4 rings (SSSR count). The van der Waals surface area contributed by atoms with Crippen molar-refractivity contribution in [1.29, 1.82) is 0 Å². The minimum atomic E-state index is -2.90. The van der Waals surface area contributed by atoms with Crippen LogP contribution < -0.4 is 5.32 Å². The van der Waals surface area contributed by atoms with E-state index < -0.39 is 41.8 Å². The lowest BCUT2D eigenvalue weighted by Gasteiger charge is -2.50. The number of carbonyl (C=O) groups excluding carboxylic acids is 2. The second kappa shape index (κ2) is 7.60. The second-order valence-electron chi connectivity index (χ2n) is 6.92. The molecule has 5 nitrogen and oxygen atoms in total. The molecular weight excluding hydrogens is 344 g/mol. The average molecular weight is 367 g/mol. The lowest BCUT2D eigenvalue weighted by Crippen LogP contribution is -2.62. The van der Waals surface area contributed by atoms with Crippen molar-refractivity contribution in [2.24, 2.45) is 17.8 Å². The molecular formula is C19H23F2NO4. The molecule has 1 aromatic rings. The Balaban J connectivity index is 1.69. The van der Waals surface area contributed by atoms with Crippen LogP contribution >= 0.6 is 0 Å². The zero-order valence-corrected chi connectivity index (χ0v) is 14.6. The van der Waals surface area contributed by atoms with Crippen molar-refractivity contribution in [2.75, 3.05) is 6.61 Å². The van der Waals surface area contributed by atoms with Crippen LogP contribution in [0.25, 0.3) is 0 Å². The van der Waals surface area contributed by atoms with Crippen molar-refractivity contribution in [3.63, 3.8) is 0 Å². The predicted molar refractivity (Wildman–Crippen MR) is 89.5 cm³/mol. The molecule has 3 fully saturated rings. The molecule has 0 radical (unpaired) electrons. The summed E-state index contributed by atoms with van der Waals surface area (Å²) in [6.45, 7) is 1.88. The summed E-state index contributed by atoms with van der Waals surface area (Å²) >= 11 is 0. The minimum Gasteiger partial charge on any atom is -0.466 e. The van der Waals surface area contributed by atoms with Gasteiger partial charge in [0.1, 0.15) is 6.61 Å². The number of ether oxygens (including phenoxy) is 2. The largest absolute Gasteiger partial charge is 0.466 e. The Bertz CT molecular complexity index is 652. The monoisotopic (exact) mass is 367 g/mol. The molecule has 3 aliphatic carbocycles. The Morgan fingerprint density at radius 2 is 1.92 bits per heavy atom. The summed E-state index contributed by atoms with van der Waals surface area (Å²) in [6, 6.07) is 8.09. The van der Waals surface area contributed by atoms with Crippen LogP contribution in [0.15, 0.2) is 30.3 Å². The van der Waals surface area contributed by atoms with Crippen LogP contribution in [0, 0.1) is 17.8 Å². The molecule has 0 saturated heterocycles. The first-order valence-electron chi connectivity index (χ1n) is 8.94. The quantitative estimate of drug-likeness (QED) is 0.809. The van der Waals surface area contributed by atoms with Gasteiger partial charge >= 0.3 is 12.1 Å². The molecule has 3 aliphatic rings. The predicted octanol–water partition coefficient (Wildman–Crippen LogP) is 3.53. The second-order valence-corrected chi connectivity index (χ2v) is 6.92. The van der Waals surface area contributed by atoms with Crippen LogP contribution in [-0.4, -0.2) is 30.6 Å². The van der Waals surface area contributed by atoms with Crippen LogP contribution in [0.3, 0.4) is 0 Å². The average Bonchev–Trinajstić information content (AvgIpc) is 2.60. The number of rotatable bonds is 5. The smallest absolute Gasteiger partial charge is 0.407 e. The Labute approximate surface area is 151 Å². The van der Waals surface area contributed by atoms with E-state index in [4.69, 9.17) is 9.47 Å². The summed E-state index contributed by atoms with van der Waals surface area (Å²) in [5.74, 6) is -5.74. The van der Waals surface area contributed by atoms with Gasteiger partial charge in [-0.05, 0) is 31.2 Å². The summed E-state index contributed by atoms with van der Waals surface area (Å²) in [5, 5.41) is 2.52. The van der Waals surface area contributed by atoms with Crippen molar-refractivity contribution < 1.29 is 27.8 Å². The fourth-order valence-corrected chi connectivity index (χ4v) is 4.17. The van der Waals surface area contributed by atoms with E-state index in [0.717, 1.165) is 5.56 Å². The maximum Gasteiger partial charge on any atom is 0.407 e. The van der Waals surface area contributed by atoms with Crippen LogP contribution in [0.1, 0.15) is 31.7 Å². The van der Waals surface area contributed by atoms with E-state index in [-0.39, 0.29) is 26.1 Å². The highest BCUT2D eigenvalue weighted by molar-refractivity contribution is 5.76. The third-order valence-electron chi connectivity index (χ3n) is 5.31. The molecule has 4 atom stereocenters. The molecule has 2 bridgehead atoms. The van der Waals surface area contributed by atoms with Crippen molar-refractivity contribution in [1.82, 2.24) is 5.32 Å². The Morgan fingerprint density at radius 1 is 1.19 bits per heavy atom. The number of alkyl carbamates (subject to hydrolysis) is 1. The topological polar surface area (TPSA) is 64.6 Å². The fraction of sp³-hybridized carbons (Fsp3) is 0.579. The maximum absolute atomic E-state index is 14.3. The van der Waals surface area contributed by atoms with E-state index >= 15 is 0 Å². The molecule has 0 spiro atoms. The van der Waals surface area contributed by atoms with Gasteiger partial charge in [0, 0.05) is 12.3 Å². The van der Waals surface area contributed by atoms with E-state index in [2.05, 4.69) is 5.32 Å². The molecule has 0 unspecified atom stereocenters. The highest BCUT2D eigenvalue weighted by atomic mass is 19.3. The number of hydrogen-bond acceptors (Lipinski definition) is 4. The summed E-state index contributed by atoms with van der Waals surface area (Å²) in [7, 11) is 0. The van der Waals surface area contributed by atoms with Gasteiger partial charge in [0.25, 0.3) is 5.92 Å². The molecule has 7 heteroatoms. The first-order valence-corrected chi connectivity index (χ1v) is 8.94. The molecule has 26 heavy (non-hydrogen) atoms. The van der Waals surface area contributed by atoms with Crippen LogP contribution in [-0.2, 0) is 20.9 Å². The van der Waals surface area contributed by atoms with Gasteiger partial charge in [0.2, 0.25) is 0 Å². The standard InChI is InChI=1S/C19H23F2NO4/c1-2-25-17(23)15-13-8-9-14(19(20,21)10-13)16(15)22-18(24)26-11-12-6-4-3-5-7-12/h3-7,13-16H,2,8-11H2,1H3,(H,22,24)/t13-,14-,15+,16+/m0/s1. The zero-order chi connectivity index (χ0) is 18.7. The first-order chi connectivity index (χ1) is 12.4. The van der Waals surface area contributed by atoms with Gasteiger partial charge in [-0.3, -0.25) is 4.79 Å². The van der Waals surface area contributed by atoms with Gasteiger partial charge in [-0.15, -0.1) is 0 Å². The van der Waals surface area contributed by atoms with Gasteiger partial charge in [-0.25, -0.2) is 13.6 Å². The normalized spacial score (nSPS) is 29.0. The third-order valence-corrected chi connectivity index (χ3v) is 5.31. The zero-order valence-electron chi connectivity index (χ0n) is 14.6. The maximum atomic E-state index is 14.3. The molecule has 0 aliphatic heterocycles. The van der Waals surface area contributed by atoms with Crippen molar-refractivity contribution in [3.05, 3.63) is 35.9 Å². The Kier molecular flexibility index (Phi) is 5.44. The number of fused-ring (bicyclic) bond motifs is 3. The molecule has 3 saturated carbocycles. The number of amides is 1. The number of halogens is 2. The van der Waals surface area contributed by atoms with E-state index in [1.165, 1.54) is 0 Å². The molecule has 142 valence electrons. The highest BCUT2D eigenvalue weighted by Gasteiger charge is 2.60. The lowest BCUT2D eigenvalue weighted by atomic mass is 9.60. The molecule has 1 N–H and O–H groups in total. The van der Waals surface area contributed by atoms with Gasteiger partial charge < -0.3 is 14.8 Å². The molecule has 0 aromatic heterocycles. The van der Waals surface area contributed by atoms with Crippen LogP contribution in [0.5, 0.6) is 0 Å². The summed E-state index contributed by atoms with van der Waals surface area (Å²) in [6.07, 6.45) is -0.312. The summed E-state index contributed by atoms with van der Waals surface area (Å²) in [4.78, 5) is 24.5. The lowest BCUT2D eigenvalue weighted by molar-refractivity contribution is -0.184. The van der Waals surface area contributed by atoms with Crippen molar-refractivity contribution >= 4 is 12.1 Å². The number of carbonyl (C=O) groups is 2. The van der Waals surface area contributed by atoms with Crippen LogP contribution in [0.4, 0.5) is 13.6 Å². The van der Waals surface area contributed by atoms with Gasteiger partial charge in [-0.2, -0.15) is 0 Å². The molecule has 1 amide bonds.